The van der Waals surface area contributed by atoms with E-state index in [0.29, 0.717) is 6.04 Å². The zero-order valence-electron chi connectivity index (χ0n) is 11.9. The van der Waals surface area contributed by atoms with Crippen molar-refractivity contribution in [1.82, 2.24) is 9.88 Å². The van der Waals surface area contributed by atoms with E-state index in [-0.39, 0.29) is 0 Å². The molecule has 1 aliphatic carbocycles. The zero-order chi connectivity index (χ0) is 14.1. The molecule has 4 heteroatoms. The van der Waals surface area contributed by atoms with Gasteiger partial charge in [0.1, 0.15) is 5.01 Å². The van der Waals surface area contributed by atoms with Gasteiger partial charge < -0.3 is 5.11 Å². The lowest BCUT2D eigenvalue weighted by atomic mass is 10.1. The third-order valence-corrected chi connectivity index (χ3v) is 5.17. The van der Waals surface area contributed by atoms with Gasteiger partial charge in [-0.05, 0) is 37.9 Å². The van der Waals surface area contributed by atoms with Crippen molar-refractivity contribution in [3.05, 3.63) is 51.5 Å². The number of aliphatic hydroxyl groups is 1. The van der Waals surface area contributed by atoms with Crippen molar-refractivity contribution in [3.8, 4) is 0 Å². The Labute approximate surface area is 123 Å². The van der Waals surface area contributed by atoms with E-state index in [2.05, 4.69) is 41.2 Å². The summed E-state index contributed by atoms with van der Waals surface area (Å²) in [6, 6.07) is 9.27. The lowest BCUT2D eigenvalue weighted by molar-refractivity contribution is 0.203. The molecule has 1 N–H and O–H groups in total. The van der Waals surface area contributed by atoms with Crippen molar-refractivity contribution in [2.75, 3.05) is 7.05 Å². The molecule has 1 unspecified atom stereocenters. The van der Waals surface area contributed by atoms with Crippen LogP contribution in [-0.2, 0) is 19.4 Å². The Balaban J connectivity index is 1.64. The van der Waals surface area contributed by atoms with Crippen LogP contribution in [0.4, 0.5) is 0 Å². The maximum Gasteiger partial charge on any atom is 0.107 e. The Kier molecular flexibility index (Phi) is 3.87. The van der Waals surface area contributed by atoms with Crippen LogP contribution in [0.2, 0.25) is 0 Å². The summed E-state index contributed by atoms with van der Waals surface area (Å²) in [4.78, 5) is 7.74. The van der Waals surface area contributed by atoms with Gasteiger partial charge in [0.15, 0.2) is 0 Å². The van der Waals surface area contributed by atoms with Crippen LogP contribution in [0, 0.1) is 0 Å². The highest BCUT2D eigenvalue weighted by Gasteiger charge is 2.24. The van der Waals surface area contributed by atoms with Gasteiger partial charge >= 0.3 is 0 Å². The Morgan fingerprint density at radius 3 is 2.55 bits per heavy atom. The number of rotatable bonds is 4. The van der Waals surface area contributed by atoms with Gasteiger partial charge in [0.05, 0.1) is 17.5 Å². The predicted molar refractivity (Wildman–Crippen MR) is 81.9 cm³/mol. The summed E-state index contributed by atoms with van der Waals surface area (Å²) in [5.41, 5.74) is 2.96. The molecule has 0 fully saturated rings. The number of hydrogen-bond donors (Lipinski definition) is 1. The normalized spacial score (nSPS) is 16.6. The number of likely N-dealkylation sites (N-methyl/N-ethyl adjacent to an activating group) is 1. The predicted octanol–water partition coefficient (Wildman–Crippen LogP) is 2.80. The van der Waals surface area contributed by atoms with Gasteiger partial charge in [0.25, 0.3) is 0 Å². The Morgan fingerprint density at radius 2 is 2.00 bits per heavy atom. The van der Waals surface area contributed by atoms with E-state index in [9.17, 15) is 5.11 Å². The largest absolute Gasteiger partial charge is 0.388 e. The first-order valence-electron chi connectivity index (χ1n) is 7.03. The van der Waals surface area contributed by atoms with Gasteiger partial charge in [0.2, 0.25) is 0 Å². The number of hydrogen-bond acceptors (Lipinski definition) is 4. The molecule has 3 nitrogen and oxygen atoms in total. The fraction of sp³-hybridized carbons (Fsp3) is 0.438. The average Bonchev–Trinajstić information content (AvgIpc) is 3.04. The number of aromatic nitrogens is 1. The third-order valence-electron chi connectivity index (χ3n) is 4.02. The molecular weight excluding hydrogens is 268 g/mol. The van der Waals surface area contributed by atoms with Crippen molar-refractivity contribution in [1.29, 1.82) is 0 Å². The molecule has 106 valence electrons. The molecule has 3 rings (SSSR count). The van der Waals surface area contributed by atoms with E-state index >= 15 is 0 Å². The topological polar surface area (TPSA) is 36.4 Å². The van der Waals surface area contributed by atoms with Gasteiger partial charge in [-0.15, -0.1) is 11.3 Å². The molecule has 0 aliphatic heterocycles. The van der Waals surface area contributed by atoms with Crippen molar-refractivity contribution in [2.45, 2.75) is 38.5 Å². The number of fused-ring (bicyclic) bond motifs is 1. The second-order valence-corrected chi connectivity index (χ2v) is 6.73. The summed E-state index contributed by atoms with van der Waals surface area (Å²) in [5, 5.41) is 10.6. The summed E-state index contributed by atoms with van der Waals surface area (Å²) < 4.78 is 0. The molecule has 1 heterocycles. The Hall–Kier alpha value is -1.23. The third kappa shape index (κ3) is 2.77. The molecule has 1 aliphatic rings. The summed E-state index contributed by atoms with van der Waals surface area (Å²) in [7, 11) is 2.17. The minimum absolute atomic E-state index is 0.415. The van der Waals surface area contributed by atoms with Gasteiger partial charge in [-0.25, -0.2) is 4.98 Å². The van der Waals surface area contributed by atoms with Crippen LogP contribution in [0.15, 0.2) is 30.5 Å². The average molecular weight is 288 g/mol. The van der Waals surface area contributed by atoms with E-state index < -0.39 is 6.10 Å². The number of nitrogens with zero attached hydrogens (tertiary/aromatic N) is 2. The zero-order valence-corrected chi connectivity index (χ0v) is 12.7. The minimum Gasteiger partial charge on any atom is -0.388 e. The second-order valence-electron chi connectivity index (χ2n) is 5.58. The van der Waals surface area contributed by atoms with Crippen LogP contribution >= 0.6 is 11.3 Å². The molecule has 20 heavy (non-hydrogen) atoms. The van der Waals surface area contributed by atoms with Crippen molar-refractivity contribution < 1.29 is 5.11 Å². The SMILES string of the molecule is CC(O)c1cnc(CN(C)C2Cc3ccccc3C2)s1. The second kappa shape index (κ2) is 5.64. The van der Waals surface area contributed by atoms with E-state index in [1.807, 2.05) is 0 Å². The van der Waals surface area contributed by atoms with Crippen molar-refractivity contribution in [3.63, 3.8) is 0 Å². The molecule has 0 radical (unpaired) electrons. The van der Waals surface area contributed by atoms with E-state index in [1.165, 1.54) is 11.1 Å². The quantitative estimate of drug-likeness (QED) is 0.940. The highest BCUT2D eigenvalue weighted by Crippen LogP contribution is 2.27. The smallest absolute Gasteiger partial charge is 0.107 e. The fourth-order valence-electron chi connectivity index (χ4n) is 2.78. The monoisotopic (exact) mass is 288 g/mol. The molecule has 0 bridgehead atoms. The minimum atomic E-state index is -0.415. The summed E-state index contributed by atoms with van der Waals surface area (Å²) in [5.74, 6) is 0. The Bertz CT molecular complexity index is 569. The van der Waals surface area contributed by atoms with Gasteiger partial charge in [-0.1, -0.05) is 24.3 Å². The van der Waals surface area contributed by atoms with Crippen LogP contribution in [0.3, 0.4) is 0 Å². The molecule has 0 saturated carbocycles. The van der Waals surface area contributed by atoms with E-state index in [1.54, 1.807) is 24.5 Å². The highest BCUT2D eigenvalue weighted by atomic mass is 32.1. The number of benzene rings is 1. The molecule has 2 aromatic rings. The molecule has 1 atom stereocenters. The standard InChI is InChI=1S/C16H20N2OS/c1-11(19)15-9-17-16(20-15)10-18(2)14-7-12-5-3-4-6-13(12)8-14/h3-6,9,11,14,19H,7-8,10H2,1-2H3. The van der Waals surface area contributed by atoms with Crippen LogP contribution in [0.5, 0.6) is 0 Å². The van der Waals surface area contributed by atoms with Gasteiger partial charge in [-0.3, -0.25) is 4.90 Å². The number of thiazole rings is 1. The molecule has 1 aromatic carbocycles. The Morgan fingerprint density at radius 1 is 1.35 bits per heavy atom. The van der Waals surface area contributed by atoms with E-state index in [4.69, 9.17) is 0 Å². The highest BCUT2D eigenvalue weighted by molar-refractivity contribution is 7.11. The first kappa shape index (κ1) is 13.7. The van der Waals surface area contributed by atoms with Crippen molar-refractivity contribution >= 4 is 11.3 Å². The fourth-order valence-corrected chi connectivity index (χ4v) is 3.70. The maximum absolute atomic E-state index is 9.56. The lowest BCUT2D eigenvalue weighted by Gasteiger charge is -2.22. The first-order chi connectivity index (χ1) is 9.63. The van der Waals surface area contributed by atoms with E-state index in [0.717, 1.165) is 29.3 Å². The first-order valence-corrected chi connectivity index (χ1v) is 7.85. The molecule has 0 spiro atoms. The molecular formula is C16H20N2OS. The van der Waals surface area contributed by atoms with Gasteiger partial charge in [-0.2, -0.15) is 0 Å². The summed E-state index contributed by atoms with van der Waals surface area (Å²) >= 11 is 1.61. The maximum atomic E-state index is 9.56. The van der Waals surface area contributed by atoms with Crippen LogP contribution in [-0.4, -0.2) is 28.1 Å². The van der Waals surface area contributed by atoms with Crippen LogP contribution in [0.1, 0.15) is 34.0 Å². The summed E-state index contributed by atoms with van der Waals surface area (Å²) in [6.07, 6.45) is 3.63. The lowest BCUT2D eigenvalue weighted by Crippen LogP contribution is -2.31. The molecule has 1 aromatic heterocycles. The molecule has 0 amide bonds. The number of aliphatic hydroxyl groups excluding tert-OH is 1. The van der Waals surface area contributed by atoms with Crippen LogP contribution in [0.25, 0.3) is 0 Å². The van der Waals surface area contributed by atoms with Crippen LogP contribution < -0.4 is 0 Å². The van der Waals surface area contributed by atoms with Crippen molar-refractivity contribution in [2.24, 2.45) is 0 Å². The molecule has 0 saturated heterocycles. The summed E-state index contributed by atoms with van der Waals surface area (Å²) in [6.45, 7) is 2.64. The van der Waals surface area contributed by atoms with Gasteiger partial charge in [0, 0.05) is 12.2 Å².